The quantitative estimate of drug-likeness (QED) is 0.471. The van der Waals surface area contributed by atoms with Crippen molar-refractivity contribution >= 4 is 6.41 Å². The number of ether oxygens (including phenoxy) is 2. The first kappa shape index (κ1) is 13.9. The molecule has 0 N–H and O–H groups in total. The summed E-state index contributed by atoms with van der Waals surface area (Å²) in [6.07, 6.45) is 0.750. The van der Waals surface area contributed by atoms with Gasteiger partial charge in [-0.3, -0.25) is 4.79 Å². The SMILES string of the molecule is CN(C)C=O.COC(C)(C)OC. The Bertz CT molecular complexity index is 107. The van der Waals surface area contributed by atoms with Gasteiger partial charge in [-0.05, 0) is 13.8 Å². The van der Waals surface area contributed by atoms with Gasteiger partial charge in [-0.15, -0.1) is 0 Å². The summed E-state index contributed by atoms with van der Waals surface area (Å²) in [5, 5.41) is 0. The van der Waals surface area contributed by atoms with Gasteiger partial charge < -0.3 is 14.4 Å². The average molecular weight is 177 g/mol. The van der Waals surface area contributed by atoms with Gasteiger partial charge >= 0.3 is 0 Å². The standard InChI is InChI=1S/C5H12O2.C3H7NO/c1-5(2,6-3)7-4;1-4(2)3-5/h1-4H3;3H,1-2H3. The maximum atomic E-state index is 9.43. The first-order valence-corrected chi connectivity index (χ1v) is 3.61. The average Bonchev–Trinajstić information content (AvgIpc) is 2.05. The fourth-order valence-electron chi connectivity index (χ4n) is 0.0833. The van der Waals surface area contributed by atoms with Gasteiger partial charge in [-0.1, -0.05) is 0 Å². The molecule has 0 fully saturated rings. The molecular weight excluding hydrogens is 158 g/mol. The second kappa shape index (κ2) is 7.06. The molecule has 0 aliphatic carbocycles. The van der Waals surface area contributed by atoms with Gasteiger partial charge in [0.15, 0.2) is 5.79 Å². The van der Waals surface area contributed by atoms with E-state index in [-0.39, 0.29) is 0 Å². The van der Waals surface area contributed by atoms with E-state index in [9.17, 15) is 4.79 Å². The van der Waals surface area contributed by atoms with E-state index in [1.54, 1.807) is 28.3 Å². The molecule has 0 spiro atoms. The number of hydrogen-bond acceptors (Lipinski definition) is 3. The molecule has 0 rings (SSSR count). The predicted molar refractivity (Wildman–Crippen MR) is 47.8 cm³/mol. The highest BCUT2D eigenvalue weighted by atomic mass is 16.7. The van der Waals surface area contributed by atoms with Gasteiger partial charge in [0.2, 0.25) is 6.41 Å². The van der Waals surface area contributed by atoms with Crippen LogP contribution < -0.4 is 0 Å². The molecule has 4 nitrogen and oxygen atoms in total. The molecule has 0 aromatic carbocycles. The fraction of sp³-hybridized carbons (Fsp3) is 0.875. The van der Waals surface area contributed by atoms with Crippen LogP contribution in [0.4, 0.5) is 0 Å². The maximum Gasteiger partial charge on any atom is 0.209 e. The van der Waals surface area contributed by atoms with E-state index in [0.717, 1.165) is 6.41 Å². The first-order valence-electron chi connectivity index (χ1n) is 3.61. The zero-order chi connectivity index (χ0) is 10.2. The Morgan fingerprint density at radius 2 is 1.42 bits per heavy atom. The van der Waals surface area contributed by atoms with Gasteiger partial charge in [-0.25, -0.2) is 0 Å². The van der Waals surface area contributed by atoms with E-state index in [1.165, 1.54) is 4.90 Å². The topological polar surface area (TPSA) is 38.8 Å². The Morgan fingerprint density at radius 1 is 1.17 bits per heavy atom. The highest BCUT2D eigenvalue weighted by Crippen LogP contribution is 2.05. The number of rotatable bonds is 3. The van der Waals surface area contributed by atoms with Crippen LogP contribution in [0.3, 0.4) is 0 Å². The third-order valence-corrected chi connectivity index (χ3v) is 1.19. The van der Waals surface area contributed by atoms with Crippen LogP contribution in [0.15, 0.2) is 0 Å². The molecule has 0 aliphatic rings. The van der Waals surface area contributed by atoms with Gasteiger partial charge in [0.05, 0.1) is 0 Å². The number of methoxy groups -OCH3 is 2. The molecule has 0 atom stereocenters. The summed E-state index contributed by atoms with van der Waals surface area (Å²) in [6.45, 7) is 3.71. The van der Waals surface area contributed by atoms with E-state index in [4.69, 9.17) is 9.47 Å². The minimum absolute atomic E-state index is 0.417. The fourth-order valence-corrected chi connectivity index (χ4v) is 0.0833. The number of carbonyl (C=O) groups excluding carboxylic acids is 1. The van der Waals surface area contributed by atoms with Crippen molar-refractivity contribution in [3.05, 3.63) is 0 Å². The van der Waals surface area contributed by atoms with Gasteiger partial charge in [-0.2, -0.15) is 0 Å². The molecule has 1 amide bonds. The minimum Gasteiger partial charge on any atom is -0.354 e. The molecule has 0 aliphatic heterocycles. The number of hydrogen-bond donors (Lipinski definition) is 0. The molecule has 12 heavy (non-hydrogen) atoms. The third-order valence-electron chi connectivity index (χ3n) is 1.19. The zero-order valence-corrected chi connectivity index (χ0v) is 8.75. The largest absolute Gasteiger partial charge is 0.354 e. The van der Waals surface area contributed by atoms with Crippen molar-refractivity contribution < 1.29 is 14.3 Å². The van der Waals surface area contributed by atoms with E-state index < -0.39 is 5.79 Å². The molecule has 0 heterocycles. The molecular formula is C8H19NO3. The van der Waals surface area contributed by atoms with Crippen LogP contribution in [0.25, 0.3) is 0 Å². The Morgan fingerprint density at radius 3 is 1.42 bits per heavy atom. The van der Waals surface area contributed by atoms with Crippen molar-refractivity contribution in [3.8, 4) is 0 Å². The summed E-state index contributed by atoms with van der Waals surface area (Å²) in [4.78, 5) is 10.9. The van der Waals surface area contributed by atoms with Crippen LogP contribution in [0.1, 0.15) is 13.8 Å². The van der Waals surface area contributed by atoms with Crippen LogP contribution in [-0.2, 0) is 14.3 Å². The first-order chi connectivity index (χ1) is 5.39. The smallest absolute Gasteiger partial charge is 0.209 e. The number of nitrogens with zero attached hydrogens (tertiary/aromatic N) is 1. The normalized spacial score (nSPS) is 9.83. The second-order valence-electron chi connectivity index (χ2n) is 2.88. The van der Waals surface area contributed by atoms with Crippen molar-refractivity contribution in [1.29, 1.82) is 0 Å². The van der Waals surface area contributed by atoms with E-state index in [2.05, 4.69) is 0 Å². The van der Waals surface area contributed by atoms with Gasteiger partial charge in [0, 0.05) is 28.3 Å². The Labute approximate surface area is 74.4 Å². The Balaban J connectivity index is 0. The van der Waals surface area contributed by atoms with Crippen LogP contribution in [0.2, 0.25) is 0 Å². The molecule has 0 unspecified atom stereocenters. The lowest BCUT2D eigenvalue weighted by Crippen LogP contribution is -2.24. The summed E-state index contributed by atoms with van der Waals surface area (Å²) in [6, 6.07) is 0. The van der Waals surface area contributed by atoms with Crippen LogP contribution in [0, 0.1) is 0 Å². The lowest BCUT2D eigenvalue weighted by molar-refractivity contribution is -0.178. The van der Waals surface area contributed by atoms with Crippen LogP contribution in [0.5, 0.6) is 0 Å². The molecule has 0 aromatic heterocycles. The van der Waals surface area contributed by atoms with Crippen molar-refractivity contribution in [2.45, 2.75) is 19.6 Å². The second-order valence-corrected chi connectivity index (χ2v) is 2.88. The van der Waals surface area contributed by atoms with Crippen molar-refractivity contribution in [1.82, 2.24) is 4.90 Å². The van der Waals surface area contributed by atoms with Gasteiger partial charge in [0.25, 0.3) is 0 Å². The Kier molecular flexibility index (Phi) is 8.21. The van der Waals surface area contributed by atoms with E-state index >= 15 is 0 Å². The monoisotopic (exact) mass is 177 g/mol. The summed E-state index contributed by atoms with van der Waals surface area (Å²) < 4.78 is 9.73. The lowest BCUT2D eigenvalue weighted by Gasteiger charge is -2.19. The molecule has 0 saturated heterocycles. The van der Waals surface area contributed by atoms with Crippen LogP contribution in [-0.4, -0.2) is 45.4 Å². The van der Waals surface area contributed by atoms with Crippen LogP contribution >= 0.6 is 0 Å². The number of carbonyl (C=O) groups is 1. The van der Waals surface area contributed by atoms with Crippen molar-refractivity contribution in [3.63, 3.8) is 0 Å². The van der Waals surface area contributed by atoms with Gasteiger partial charge in [0.1, 0.15) is 0 Å². The molecule has 0 radical (unpaired) electrons. The highest BCUT2D eigenvalue weighted by molar-refractivity contribution is 5.45. The zero-order valence-electron chi connectivity index (χ0n) is 8.75. The van der Waals surface area contributed by atoms with Crippen molar-refractivity contribution in [2.24, 2.45) is 0 Å². The van der Waals surface area contributed by atoms with E-state index in [0.29, 0.717) is 0 Å². The molecule has 0 aromatic rings. The lowest BCUT2D eigenvalue weighted by atomic mass is 10.4. The van der Waals surface area contributed by atoms with E-state index in [1.807, 2.05) is 13.8 Å². The number of amides is 1. The highest BCUT2D eigenvalue weighted by Gasteiger charge is 2.11. The van der Waals surface area contributed by atoms with Crippen molar-refractivity contribution in [2.75, 3.05) is 28.3 Å². The predicted octanol–water partition coefficient (Wildman–Crippen LogP) is 0.720. The molecule has 4 heteroatoms. The summed E-state index contributed by atoms with van der Waals surface area (Å²) in [5.41, 5.74) is 0. The summed E-state index contributed by atoms with van der Waals surface area (Å²) >= 11 is 0. The third kappa shape index (κ3) is 12.1. The molecule has 74 valence electrons. The molecule has 0 saturated carbocycles. The Hall–Kier alpha value is -0.610. The minimum atomic E-state index is -0.417. The summed E-state index contributed by atoms with van der Waals surface area (Å²) in [7, 11) is 6.60. The molecule has 0 bridgehead atoms. The summed E-state index contributed by atoms with van der Waals surface area (Å²) in [5.74, 6) is -0.417. The maximum absolute atomic E-state index is 9.43.